The highest BCUT2D eigenvalue weighted by Gasteiger charge is 2.13. The van der Waals surface area contributed by atoms with Crippen LogP contribution in [0.15, 0.2) is 52.1 Å². The summed E-state index contributed by atoms with van der Waals surface area (Å²) in [5, 5.41) is 0. The number of aromatic nitrogens is 3. The lowest BCUT2D eigenvalue weighted by Gasteiger charge is -2.09. The van der Waals surface area contributed by atoms with Crippen LogP contribution < -0.4 is 11.3 Å². The molecular weight excluding hydrogens is 296 g/mol. The molecule has 0 aliphatic rings. The highest BCUT2D eigenvalue weighted by molar-refractivity contribution is 5.78. The summed E-state index contributed by atoms with van der Waals surface area (Å²) in [6.07, 6.45) is 4.87. The molecule has 3 aromatic heterocycles. The molecule has 3 aromatic rings. The summed E-state index contributed by atoms with van der Waals surface area (Å²) >= 11 is 0. The third kappa shape index (κ3) is 3.14. The number of anilines is 1. The van der Waals surface area contributed by atoms with Gasteiger partial charge in [0.2, 0.25) is 5.95 Å². The van der Waals surface area contributed by atoms with Gasteiger partial charge < -0.3 is 19.5 Å². The molecule has 0 saturated heterocycles. The largest absolute Gasteiger partial charge is 0.463 e. The van der Waals surface area contributed by atoms with Crippen LogP contribution >= 0.6 is 0 Å². The maximum absolute atomic E-state index is 12.2. The van der Waals surface area contributed by atoms with Gasteiger partial charge in [0, 0.05) is 37.7 Å². The molecule has 3 rings (SSSR count). The Hall–Kier alpha value is -2.93. The highest BCUT2D eigenvalue weighted by Crippen LogP contribution is 2.29. The molecule has 0 amide bonds. The summed E-state index contributed by atoms with van der Waals surface area (Å²) in [5.41, 5.74) is 7.49. The van der Waals surface area contributed by atoms with Gasteiger partial charge in [-0.1, -0.05) is 0 Å². The number of nitrogens with two attached hydrogens (primary N) is 1. The van der Waals surface area contributed by atoms with Crippen molar-refractivity contribution in [3.05, 3.63) is 53.3 Å². The van der Waals surface area contributed by atoms with Crippen molar-refractivity contribution in [3.8, 4) is 22.6 Å². The Morgan fingerprint density at radius 1 is 1.39 bits per heavy atom. The average molecular weight is 312 g/mol. The summed E-state index contributed by atoms with van der Waals surface area (Å²) in [7, 11) is 1.60. The van der Waals surface area contributed by atoms with E-state index in [2.05, 4.69) is 9.97 Å². The van der Waals surface area contributed by atoms with Gasteiger partial charge in [0.05, 0.1) is 12.9 Å². The van der Waals surface area contributed by atoms with E-state index in [1.165, 1.54) is 6.07 Å². The van der Waals surface area contributed by atoms with Gasteiger partial charge in [0.25, 0.3) is 5.56 Å². The molecule has 0 saturated carbocycles. The van der Waals surface area contributed by atoms with Gasteiger partial charge in [-0.3, -0.25) is 4.79 Å². The maximum Gasteiger partial charge on any atom is 0.251 e. The average Bonchev–Trinajstić information content (AvgIpc) is 3.08. The minimum atomic E-state index is -0.123. The summed E-state index contributed by atoms with van der Waals surface area (Å²) in [6.45, 7) is 0.973. The third-order valence-corrected chi connectivity index (χ3v) is 3.41. The first-order valence-corrected chi connectivity index (χ1v) is 7.05. The van der Waals surface area contributed by atoms with E-state index in [4.69, 9.17) is 14.9 Å². The molecule has 3 heterocycles. The Morgan fingerprint density at radius 2 is 2.26 bits per heavy atom. The number of hydrogen-bond acceptors (Lipinski definition) is 6. The van der Waals surface area contributed by atoms with Crippen molar-refractivity contribution in [3.63, 3.8) is 0 Å². The lowest BCUT2D eigenvalue weighted by atomic mass is 10.1. The lowest BCUT2D eigenvalue weighted by molar-refractivity contribution is 0.186. The topological polar surface area (TPSA) is 96.2 Å². The van der Waals surface area contributed by atoms with E-state index >= 15 is 0 Å². The lowest BCUT2D eigenvalue weighted by Crippen LogP contribution is -2.20. The second kappa shape index (κ2) is 6.45. The second-order valence-electron chi connectivity index (χ2n) is 4.91. The number of hydrogen-bond donors (Lipinski definition) is 1. The van der Waals surface area contributed by atoms with Crippen molar-refractivity contribution in [2.45, 2.75) is 6.54 Å². The Labute approximate surface area is 132 Å². The van der Waals surface area contributed by atoms with E-state index in [9.17, 15) is 4.79 Å². The minimum absolute atomic E-state index is 0.123. The van der Waals surface area contributed by atoms with Crippen molar-refractivity contribution in [1.29, 1.82) is 0 Å². The number of nitrogens with zero attached hydrogens (tertiary/aromatic N) is 3. The quantitative estimate of drug-likeness (QED) is 0.771. The molecule has 0 fully saturated rings. The van der Waals surface area contributed by atoms with Gasteiger partial charge >= 0.3 is 0 Å². The fraction of sp³-hybridized carbons (Fsp3) is 0.188. The molecule has 118 valence electrons. The van der Waals surface area contributed by atoms with Crippen LogP contribution in [-0.2, 0) is 11.3 Å². The number of nitrogen functional groups attached to an aromatic ring is 1. The predicted octanol–water partition coefficient (Wildman–Crippen LogP) is 1.79. The molecule has 7 heteroatoms. The summed E-state index contributed by atoms with van der Waals surface area (Å²) in [5.74, 6) is 0.714. The predicted molar refractivity (Wildman–Crippen MR) is 85.7 cm³/mol. The number of methoxy groups -OCH3 is 1. The van der Waals surface area contributed by atoms with Crippen molar-refractivity contribution >= 4 is 5.95 Å². The van der Waals surface area contributed by atoms with Crippen LogP contribution in [0.5, 0.6) is 0 Å². The fourth-order valence-electron chi connectivity index (χ4n) is 2.26. The van der Waals surface area contributed by atoms with E-state index in [1.807, 2.05) is 6.07 Å². The number of furan rings is 1. The first kappa shape index (κ1) is 15.0. The van der Waals surface area contributed by atoms with Crippen LogP contribution in [0.25, 0.3) is 22.6 Å². The number of pyridine rings is 1. The monoisotopic (exact) mass is 312 g/mol. The molecule has 0 aliphatic carbocycles. The van der Waals surface area contributed by atoms with Crippen LogP contribution in [0.4, 0.5) is 5.95 Å². The molecule has 0 radical (unpaired) electrons. The third-order valence-electron chi connectivity index (χ3n) is 3.41. The molecule has 0 bridgehead atoms. The van der Waals surface area contributed by atoms with Gasteiger partial charge in [-0.05, 0) is 23.8 Å². The van der Waals surface area contributed by atoms with Gasteiger partial charge in [-0.15, -0.1) is 0 Å². The number of ether oxygens (including phenoxy) is 1. The Morgan fingerprint density at radius 3 is 2.96 bits per heavy atom. The maximum atomic E-state index is 12.2. The summed E-state index contributed by atoms with van der Waals surface area (Å²) < 4.78 is 12.0. The first-order valence-electron chi connectivity index (χ1n) is 7.05. The van der Waals surface area contributed by atoms with Gasteiger partial charge in [0.1, 0.15) is 5.69 Å². The van der Waals surface area contributed by atoms with E-state index < -0.39 is 0 Å². The molecule has 0 atom stereocenters. The van der Waals surface area contributed by atoms with Crippen molar-refractivity contribution in [2.75, 3.05) is 19.5 Å². The summed E-state index contributed by atoms with van der Waals surface area (Å²) in [4.78, 5) is 20.5. The van der Waals surface area contributed by atoms with E-state index in [0.29, 0.717) is 35.7 Å². The van der Waals surface area contributed by atoms with E-state index in [1.54, 1.807) is 42.5 Å². The molecular formula is C16H16N4O3. The second-order valence-corrected chi connectivity index (χ2v) is 4.91. The van der Waals surface area contributed by atoms with Crippen LogP contribution in [-0.4, -0.2) is 28.3 Å². The van der Waals surface area contributed by atoms with E-state index in [0.717, 1.165) is 0 Å². The zero-order valence-electron chi connectivity index (χ0n) is 12.6. The molecule has 7 nitrogen and oxygen atoms in total. The molecule has 2 N–H and O–H groups in total. The molecule has 0 aliphatic heterocycles. The van der Waals surface area contributed by atoms with Gasteiger partial charge in [0.15, 0.2) is 5.76 Å². The first-order chi connectivity index (χ1) is 11.2. The highest BCUT2D eigenvalue weighted by atomic mass is 16.5. The zero-order chi connectivity index (χ0) is 16.2. The smallest absolute Gasteiger partial charge is 0.251 e. The SMILES string of the molecule is COCCn1ccc(-c2cnc(N)nc2-c2ccco2)cc1=O. The molecule has 23 heavy (non-hydrogen) atoms. The molecule has 0 spiro atoms. The standard InChI is InChI=1S/C16H16N4O3/c1-22-8-6-20-5-4-11(9-14(20)21)12-10-18-16(17)19-15(12)13-3-2-7-23-13/h2-5,7,9-10H,6,8H2,1H3,(H2,17,18,19). The van der Waals surface area contributed by atoms with Crippen LogP contribution in [0.2, 0.25) is 0 Å². The van der Waals surface area contributed by atoms with Crippen molar-refractivity contribution < 1.29 is 9.15 Å². The Balaban J connectivity index is 2.05. The van der Waals surface area contributed by atoms with E-state index in [-0.39, 0.29) is 11.5 Å². The minimum Gasteiger partial charge on any atom is -0.463 e. The van der Waals surface area contributed by atoms with Gasteiger partial charge in [-0.25, -0.2) is 9.97 Å². The normalized spacial score (nSPS) is 10.8. The number of rotatable bonds is 5. The molecule has 0 aromatic carbocycles. The Bertz CT molecular complexity index is 856. The van der Waals surface area contributed by atoms with Crippen LogP contribution in [0, 0.1) is 0 Å². The zero-order valence-corrected chi connectivity index (χ0v) is 12.6. The molecule has 0 unspecified atom stereocenters. The summed E-state index contributed by atoms with van der Waals surface area (Å²) in [6, 6.07) is 6.92. The Kier molecular flexibility index (Phi) is 4.20. The fourth-order valence-corrected chi connectivity index (χ4v) is 2.26. The van der Waals surface area contributed by atoms with Crippen molar-refractivity contribution in [2.24, 2.45) is 0 Å². The van der Waals surface area contributed by atoms with Gasteiger partial charge in [-0.2, -0.15) is 0 Å². The van der Waals surface area contributed by atoms with Crippen molar-refractivity contribution in [1.82, 2.24) is 14.5 Å². The van der Waals surface area contributed by atoms with Crippen LogP contribution in [0.1, 0.15) is 0 Å². The van der Waals surface area contributed by atoms with Crippen LogP contribution in [0.3, 0.4) is 0 Å².